The molecule has 0 radical (unpaired) electrons. The van der Waals surface area contributed by atoms with E-state index in [4.69, 9.17) is 0 Å². The third-order valence-electron chi connectivity index (χ3n) is 4.12. The van der Waals surface area contributed by atoms with Gasteiger partial charge in [-0.15, -0.1) is 10.2 Å². The first kappa shape index (κ1) is 17.3. The number of fused-ring (bicyclic) bond motifs is 1. The van der Waals surface area contributed by atoms with Crippen LogP contribution in [0.15, 0.2) is 58.4 Å². The molecule has 3 aromatic heterocycles. The molecule has 0 aliphatic carbocycles. The Kier molecular flexibility index (Phi) is 4.82. The number of imidazole rings is 1. The van der Waals surface area contributed by atoms with Crippen molar-refractivity contribution in [2.24, 2.45) is 0 Å². The number of aromatic nitrogens is 5. The molecule has 0 saturated carbocycles. The standard InChI is InChI=1S/C19H18BrN5S/c1-3-25-18(14-6-4-5-13(2)9-14)22-23-19(25)26-12-16-11-24-10-15(20)7-8-17(24)21-16/h4-11H,3,12H2,1-2H3. The Hall–Kier alpha value is -2.12. The average molecular weight is 428 g/mol. The second-order valence-electron chi connectivity index (χ2n) is 6.05. The molecule has 0 N–H and O–H groups in total. The van der Waals surface area contributed by atoms with Crippen LogP contribution in [0.25, 0.3) is 17.0 Å². The average Bonchev–Trinajstić information content (AvgIpc) is 3.22. The van der Waals surface area contributed by atoms with Gasteiger partial charge in [0.2, 0.25) is 0 Å². The maximum Gasteiger partial charge on any atom is 0.191 e. The van der Waals surface area contributed by atoms with Crippen LogP contribution in [0, 0.1) is 6.92 Å². The molecule has 1 aromatic carbocycles. The highest BCUT2D eigenvalue weighted by Crippen LogP contribution is 2.27. The van der Waals surface area contributed by atoms with Crippen LogP contribution in [0.4, 0.5) is 0 Å². The van der Waals surface area contributed by atoms with Gasteiger partial charge in [0.05, 0.1) is 5.69 Å². The molecule has 0 amide bonds. The number of benzene rings is 1. The van der Waals surface area contributed by atoms with Crippen molar-refractivity contribution >= 4 is 33.3 Å². The second kappa shape index (κ2) is 7.25. The van der Waals surface area contributed by atoms with Crippen molar-refractivity contribution < 1.29 is 0 Å². The maximum atomic E-state index is 4.66. The van der Waals surface area contributed by atoms with Crippen LogP contribution in [0.3, 0.4) is 0 Å². The van der Waals surface area contributed by atoms with Crippen LogP contribution in [0.2, 0.25) is 0 Å². The van der Waals surface area contributed by atoms with E-state index in [0.717, 1.165) is 44.7 Å². The smallest absolute Gasteiger partial charge is 0.191 e. The second-order valence-corrected chi connectivity index (χ2v) is 7.91. The molecule has 132 valence electrons. The summed E-state index contributed by atoms with van der Waals surface area (Å²) >= 11 is 5.16. The van der Waals surface area contributed by atoms with Gasteiger partial charge in [0.1, 0.15) is 5.65 Å². The number of nitrogens with zero attached hydrogens (tertiary/aromatic N) is 5. The highest BCUT2D eigenvalue weighted by molar-refractivity contribution is 9.10. The molecule has 3 heterocycles. The van der Waals surface area contributed by atoms with Gasteiger partial charge >= 0.3 is 0 Å². The fourth-order valence-corrected chi connectivity index (χ4v) is 4.14. The van der Waals surface area contributed by atoms with Crippen LogP contribution in [0.5, 0.6) is 0 Å². The first-order valence-electron chi connectivity index (χ1n) is 8.40. The van der Waals surface area contributed by atoms with Gasteiger partial charge in [-0.25, -0.2) is 4.98 Å². The summed E-state index contributed by atoms with van der Waals surface area (Å²) < 4.78 is 5.23. The summed E-state index contributed by atoms with van der Waals surface area (Å²) in [5.74, 6) is 1.67. The van der Waals surface area contributed by atoms with E-state index in [-0.39, 0.29) is 0 Å². The topological polar surface area (TPSA) is 48.0 Å². The molecular formula is C19H18BrN5S. The van der Waals surface area contributed by atoms with Crippen molar-refractivity contribution in [2.45, 2.75) is 31.3 Å². The van der Waals surface area contributed by atoms with Gasteiger partial charge in [-0.05, 0) is 48.0 Å². The van der Waals surface area contributed by atoms with E-state index >= 15 is 0 Å². The Bertz CT molecular complexity index is 1070. The van der Waals surface area contributed by atoms with Crippen molar-refractivity contribution in [3.8, 4) is 11.4 Å². The summed E-state index contributed by atoms with van der Waals surface area (Å²) in [5, 5.41) is 9.75. The molecule has 0 atom stereocenters. The third-order valence-corrected chi connectivity index (χ3v) is 5.59. The lowest BCUT2D eigenvalue weighted by molar-refractivity contribution is 0.687. The number of thioether (sulfide) groups is 1. The minimum absolute atomic E-state index is 0.755. The van der Waals surface area contributed by atoms with Crippen molar-refractivity contribution in [3.63, 3.8) is 0 Å². The highest BCUT2D eigenvalue weighted by Gasteiger charge is 2.14. The summed E-state index contributed by atoms with van der Waals surface area (Å²) in [6.45, 7) is 5.04. The number of halogens is 1. The van der Waals surface area contributed by atoms with Crippen molar-refractivity contribution in [2.75, 3.05) is 0 Å². The number of hydrogen-bond acceptors (Lipinski definition) is 4. The first-order chi connectivity index (χ1) is 12.6. The normalized spacial score (nSPS) is 11.3. The minimum Gasteiger partial charge on any atom is -0.306 e. The number of hydrogen-bond donors (Lipinski definition) is 0. The predicted octanol–water partition coefficient (Wildman–Crippen LogP) is 4.98. The molecule has 26 heavy (non-hydrogen) atoms. The monoisotopic (exact) mass is 427 g/mol. The summed E-state index contributed by atoms with van der Waals surface area (Å²) in [6, 6.07) is 12.4. The molecule has 5 nitrogen and oxygen atoms in total. The highest BCUT2D eigenvalue weighted by atomic mass is 79.9. The van der Waals surface area contributed by atoms with E-state index in [2.05, 4.69) is 80.0 Å². The lowest BCUT2D eigenvalue weighted by atomic mass is 10.1. The quantitative estimate of drug-likeness (QED) is 0.421. The van der Waals surface area contributed by atoms with Gasteiger partial charge in [0, 0.05) is 34.7 Å². The lowest BCUT2D eigenvalue weighted by Crippen LogP contribution is -2.00. The Morgan fingerprint density at radius 2 is 2.00 bits per heavy atom. The van der Waals surface area contributed by atoms with E-state index in [1.165, 1.54) is 5.56 Å². The molecule has 0 bridgehead atoms. The van der Waals surface area contributed by atoms with E-state index in [1.54, 1.807) is 11.8 Å². The van der Waals surface area contributed by atoms with Gasteiger partial charge in [-0.1, -0.05) is 35.5 Å². The van der Waals surface area contributed by atoms with Crippen LogP contribution < -0.4 is 0 Å². The first-order valence-corrected chi connectivity index (χ1v) is 10.2. The Balaban J connectivity index is 1.58. The number of aryl methyl sites for hydroxylation is 1. The molecule has 4 rings (SSSR count). The van der Waals surface area contributed by atoms with Crippen LogP contribution >= 0.6 is 27.7 Å². The molecule has 7 heteroatoms. The van der Waals surface area contributed by atoms with Gasteiger partial charge in [-0.2, -0.15) is 0 Å². The molecule has 4 aromatic rings. The van der Waals surface area contributed by atoms with Crippen molar-refractivity contribution in [3.05, 3.63) is 64.5 Å². The maximum absolute atomic E-state index is 4.66. The lowest BCUT2D eigenvalue weighted by Gasteiger charge is -2.07. The summed E-state index contributed by atoms with van der Waals surface area (Å²) in [5.41, 5.74) is 4.29. The number of pyridine rings is 1. The fraction of sp³-hybridized carbons (Fsp3) is 0.211. The zero-order chi connectivity index (χ0) is 18.1. The van der Waals surface area contributed by atoms with Crippen LogP contribution in [-0.2, 0) is 12.3 Å². The Labute approximate surface area is 164 Å². The van der Waals surface area contributed by atoms with Crippen molar-refractivity contribution in [1.82, 2.24) is 24.1 Å². The van der Waals surface area contributed by atoms with E-state index in [1.807, 2.05) is 22.7 Å². The molecule has 0 aliphatic heterocycles. The van der Waals surface area contributed by atoms with Gasteiger partial charge in [-0.3, -0.25) is 0 Å². The predicted molar refractivity (Wildman–Crippen MR) is 108 cm³/mol. The molecule has 0 unspecified atom stereocenters. The molecule has 0 fully saturated rings. The molecule has 0 saturated heterocycles. The van der Waals surface area contributed by atoms with E-state index in [9.17, 15) is 0 Å². The van der Waals surface area contributed by atoms with Crippen LogP contribution in [-0.4, -0.2) is 24.1 Å². The van der Waals surface area contributed by atoms with Gasteiger partial charge < -0.3 is 8.97 Å². The van der Waals surface area contributed by atoms with Gasteiger partial charge in [0.15, 0.2) is 11.0 Å². The number of rotatable bonds is 5. The SMILES string of the molecule is CCn1c(SCc2cn3cc(Br)ccc3n2)nnc1-c1cccc(C)c1. The molecule has 0 spiro atoms. The Morgan fingerprint density at radius 3 is 2.81 bits per heavy atom. The summed E-state index contributed by atoms with van der Waals surface area (Å²) in [4.78, 5) is 4.66. The van der Waals surface area contributed by atoms with E-state index < -0.39 is 0 Å². The van der Waals surface area contributed by atoms with Crippen molar-refractivity contribution in [1.29, 1.82) is 0 Å². The zero-order valence-corrected chi connectivity index (χ0v) is 17.0. The summed E-state index contributed by atoms with van der Waals surface area (Å²) in [6.07, 6.45) is 4.07. The van der Waals surface area contributed by atoms with E-state index in [0.29, 0.717) is 0 Å². The van der Waals surface area contributed by atoms with Gasteiger partial charge in [0.25, 0.3) is 0 Å². The van der Waals surface area contributed by atoms with Crippen LogP contribution in [0.1, 0.15) is 18.2 Å². The summed E-state index contributed by atoms with van der Waals surface area (Å²) in [7, 11) is 0. The third kappa shape index (κ3) is 3.41. The largest absolute Gasteiger partial charge is 0.306 e. The zero-order valence-electron chi connectivity index (χ0n) is 14.6. The fourth-order valence-electron chi connectivity index (χ4n) is 2.90. The minimum atomic E-state index is 0.755. The molecule has 0 aliphatic rings. The molecular weight excluding hydrogens is 410 g/mol. The Morgan fingerprint density at radius 1 is 1.12 bits per heavy atom.